The molecule has 0 aromatic carbocycles. The van der Waals surface area contributed by atoms with E-state index in [9.17, 15) is 9.59 Å². The molecule has 1 fully saturated rings. The fourth-order valence-corrected chi connectivity index (χ4v) is 1.44. The van der Waals surface area contributed by atoms with Crippen LogP contribution in [0.4, 0.5) is 0 Å². The Kier molecular flexibility index (Phi) is 3.28. The highest BCUT2D eigenvalue weighted by molar-refractivity contribution is 5.72. The Balaban J connectivity index is 2.39. The van der Waals surface area contributed by atoms with Crippen LogP contribution in [0.2, 0.25) is 0 Å². The van der Waals surface area contributed by atoms with Gasteiger partial charge in [0.25, 0.3) is 0 Å². The van der Waals surface area contributed by atoms with Gasteiger partial charge in [0.2, 0.25) is 0 Å². The van der Waals surface area contributed by atoms with Crippen molar-refractivity contribution in [1.82, 2.24) is 0 Å². The maximum atomic E-state index is 10.9. The molecule has 0 spiro atoms. The van der Waals surface area contributed by atoms with Crippen molar-refractivity contribution in [2.75, 3.05) is 6.61 Å². The summed E-state index contributed by atoms with van der Waals surface area (Å²) in [5, 5.41) is 0. The molecule has 0 unspecified atom stereocenters. The van der Waals surface area contributed by atoms with Crippen LogP contribution in [0.25, 0.3) is 0 Å². The van der Waals surface area contributed by atoms with E-state index in [-0.39, 0.29) is 30.6 Å². The van der Waals surface area contributed by atoms with Crippen LogP contribution in [0.15, 0.2) is 0 Å². The molecule has 74 valence electrons. The van der Waals surface area contributed by atoms with Gasteiger partial charge >= 0.3 is 11.9 Å². The Labute approximate surface area is 77.2 Å². The molecule has 1 heterocycles. The maximum absolute atomic E-state index is 10.9. The number of rotatable bonds is 3. The van der Waals surface area contributed by atoms with E-state index in [0.29, 0.717) is 6.42 Å². The summed E-state index contributed by atoms with van der Waals surface area (Å²) in [5.74, 6) is -0.325. The number of cyclic esters (lactones) is 1. The molecule has 1 rings (SSSR count). The predicted molar refractivity (Wildman–Crippen MR) is 44.9 cm³/mol. The lowest BCUT2D eigenvalue weighted by atomic mass is 9.99. The van der Waals surface area contributed by atoms with Crippen LogP contribution in [0.1, 0.15) is 26.7 Å². The first-order valence-electron chi connectivity index (χ1n) is 4.46. The zero-order chi connectivity index (χ0) is 9.84. The van der Waals surface area contributed by atoms with Crippen molar-refractivity contribution in [1.29, 1.82) is 0 Å². The molecule has 0 saturated carbocycles. The van der Waals surface area contributed by atoms with Gasteiger partial charge in [0.1, 0.15) is 12.7 Å². The predicted octanol–water partition coefficient (Wildman–Crippen LogP) is 0.891. The largest absolute Gasteiger partial charge is 0.462 e. The molecule has 0 radical (unpaired) electrons. The highest BCUT2D eigenvalue weighted by atomic mass is 16.6. The number of hydrogen-bond acceptors (Lipinski definition) is 4. The van der Waals surface area contributed by atoms with E-state index in [0.717, 1.165) is 6.42 Å². The van der Waals surface area contributed by atoms with Crippen molar-refractivity contribution < 1.29 is 19.1 Å². The third-order valence-corrected chi connectivity index (χ3v) is 2.21. The van der Waals surface area contributed by atoms with Gasteiger partial charge in [0.05, 0.1) is 6.42 Å². The standard InChI is InChI=1S/C9H14O4/c1-3-7-4-9(11)13-8(7)5-12-6(2)10/h7-8H,3-5H2,1-2H3/t7-,8+/m0/s1. The van der Waals surface area contributed by atoms with Crippen molar-refractivity contribution in [2.24, 2.45) is 5.92 Å². The number of hydrogen-bond donors (Lipinski definition) is 0. The van der Waals surface area contributed by atoms with Crippen molar-refractivity contribution in [3.63, 3.8) is 0 Å². The van der Waals surface area contributed by atoms with Crippen molar-refractivity contribution >= 4 is 11.9 Å². The Hall–Kier alpha value is -1.06. The van der Waals surface area contributed by atoms with Gasteiger partial charge < -0.3 is 9.47 Å². The Morgan fingerprint density at radius 2 is 2.38 bits per heavy atom. The minimum atomic E-state index is -0.335. The average Bonchev–Trinajstić information content (AvgIpc) is 2.42. The molecule has 1 aliphatic heterocycles. The molecular weight excluding hydrogens is 172 g/mol. The van der Waals surface area contributed by atoms with Crippen molar-refractivity contribution in [3.8, 4) is 0 Å². The van der Waals surface area contributed by atoms with Gasteiger partial charge in [-0.2, -0.15) is 0 Å². The Bertz CT molecular complexity index is 212. The molecule has 13 heavy (non-hydrogen) atoms. The second kappa shape index (κ2) is 4.25. The second-order valence-electron chi connectivity index (χ2n) is 3.20. The number of carbonyl (C=O) groups is 2. The smallest absolute Gasteiger partial charge is 0.306 e. The molecule has 0 amide bonds. The SMILES string of the molecule is CC[C@H]1CC(=O)O[C@@H]1COC(C)=O. The lowest BCUT2D eigenvalue weighted by Gasteiger charge is -2.14. The summed E-state index contributed by atoms with van der Waals surface area (Å²) in [4.78, 5) is 21.4. The van der Waals surface area contributed by atoms with Crippen LogP contribution < -0.4 is 0 Å². The van der Waals surface area contributed by atoms with E-state index in [4.69, 9.17) is 9.47 Å². The molecule has 1 aliphatic rings. The zero-order valence-electron chi connectivity index (χ0n) is 7.91. The highest BCUT2D eigenvalue weighted by Crippen LogP contribution is 2.25. The monoisotopic (exact) mass is 186 g/mol. The summed E-state index contributed by atoms with van der Waals surface area (Å²) in [6, 6.07) is 0. The zero-order valence-corrected chi connectivity index (χ0v) is 7.91. The van der Waals surface area contributed by atoms with Crippen LogP contribution in [0.5, 0.6) is 0 Å². The van der Waals surface area contributed by atoms with Gasteiger partial charge in [0.15, 0.2) is 0 Å². The van der Waals surface area contributed by atoms with Gasteiger partial charge in [-0.1, -0.05) is 6.92 Å². The minimum absolute atomic E-state index is 0.191. The van der Waals surface area contributed by atoms with Crippen LogP contribution in [-0.2, 0) is 19.1 Å². The van der Waals surface area contributed by atoms with E-state index in [2.05, 4.69) is 0 Å². The summed E-state index contributed by atoms with van der Waals surface area (Å²) in [6.45, 7) is 3.53. The average molecular weight is 186 g/mol. The van der Waals surface area contributed by atoms with Gasteiger partial charge in [-0.25, -0.2) is 0 Å². The second-order valence-corrected chi connectivity index (χ2v) is 3.20. The molecule has 2 atom stereocenters. The summed E-state index contributed by atoms with van der Waals surface area (Å²) in [6.07, 6.45) is 1.08. The van der Waals surface area contributed by atoms with E-state index in [1.165, 1.54) is 6.92 Å². The van der Waals surface area contributed by atoms with Crippen LogP contribution >= 0.6 is 0 Å². The van der Waals surface area contributed by atoms with E-state index < -0.39 is 0 Å². The summed E-state index contributed by atoms with van der Waals surface area (Å²) >= 11 is 0. The van der Waals surface area contributed by atoms with Gasteiger partial charge in [-0.3, -0.25) is 9.59 Å². The molecule has 4 nitrogen and oxygen atoms in total. The Morgan fingerprint density at radius 3 is 2.92 bits per heavy atom. The Morgan fingerprint density at radius 1 is 1.69 bits per heavy atom. The van der Waals surface area contributed by atoms with E-state index in [1.807, 2.05) is 6.92 Å². The quantitative estimate of drug-likeness (QED) is 0.614. The first-order valence-corrected chi connectivity index (χ1v) is 4.46. The summed E-state index contributed by atoms with van der Waals surface area (Å²) in [5.41, 5.74) is 0. The molecular formula is C9H14O4. The third-order valence-electron chi connectivity index (χ3n) is 2.21. The molecule has 0 N–H and O–H groups in total. The lowest BCUT2D eigenvalue weighted by Crippen LogP contribution is -2.23. The summed E-state index contributed by atoms with van der Waals surface area (Å²) in [7, 11) is 0. The minimum Gasteiger partial charge on any atom is -0.462 e. The van der Waals surface area contributed by atoms with Crippen molar-refractivity contribution in [2.45, 2.75) is 32.8 Å². The fourth-order valence-electron chi connectivity index (χ4n) is 1.44. The number of esters is 2. The first kappa shape index (κ1) is 10.0. The van der Waals surface area contributed by atoms with E-state index >= 15 is 0 Å². The topological polar surface area (TPSA) is 52.6 Å². The highest BCUT2D eigenvalue weighted by Gasteiger charge is 2.33. The molecule has 4 heteroatoms. The lowest BCUT2D eigenvalue weighted by molar-refractivity contribution is -0.152. The molecule has 0 aromatic heterocycles. The maximum Gasteiger partial charge on any atom is 0.306 e. The fraction of sp³-hybridized carbons (Fsp3) is 0.778. The number of ether oxygens (including phenoxy) is 2. The van der Waals surface area contributed by atoms with Crippen molar-refractivity contribution in [3.05, 3.63) is 0 Å². The number of carbonyl (C=O) groups excluding carboxylic acids is 2. The molecule has 1 saturated heterocycles. The van der Waals surface area contributed by atoms with Gasteiger partial charge in [-0.05, 0) is 6.42 Å². The molecule has 0 bridgehead atoms. The van der Waals surface area contributed by atoms with Crippen LogP contribution in [0, 0.1) is 5.92 Å². The first-order chi connectivity index (χ1) is 6.13. The molecule has 0 aromatic rings. The third kappa shape index (κ3) is 2.72. The van der Waals surface area contributed by atoms with Gasteiger partial charge in [-0.15, -0.1) is 0 Å². The summed E-state index contributed by atoms with van der Waals surface area (Å²) < 4.78 is 9.79. The normalized spacial score (nSPS) is 27.1. The van der Waals surface area contributed by atoms with E-state index in [1.54, 1.807) is 0 Å². The van der Waals surface area contributed by atoms with Crippen LogP contribution in [0.3, 0.4) is 0 Å². The molecule has 0 aliphatic carbocycles. The van der Waals surface area contributed by atoms with Crippen LogP contribution in [-0.4, -0.2) is 24.6 Å². The van der Waals surface area contributed by atoms with Gasteiger partial charge in [0, 0.05) is 12.8 Å².